The highest BCUT2D eigenvalue weighted by Crippen LogP contribution is 2.17. The highest BCUT2D eigenvalue weighted by Gasteiger charge is 2.24. The minimum absolute atomic E-state index is 0.271. The molecule has 0 aliphatic rings. The van der Waals surface area contributed by atoms with Crippen molar-refractivity contribution < 1.29 is 9.90 Å². The predicted molar refractivity (Wildman–Crippen MR) is 53.1 cm³/mol. The van der Waals surface area contributed by atoms with Crippen LogP contribution in [0.15, 0.2) is 18.2 Å². The van der Waals surface area contributed by atoms with Gasteiger partial charge < -0.3 is 10.4 Å². The van der Waals surface area contributed by atoms with Crippen molar-refractivity contribution in [1.29, 1.82) is 5.26 Å². The Morgan fingerprint density at radius 1 is 1.60 bits per heavy atom. The molecule has 0 fully saturated rings. The van der Waals surface area contributed by atoms with Crippen molar-refractivity contribution in [1.82, 2.24) is 10.3 Å². The number of hydrogen-bond acceptors (Lipinski definition) is 3. The molecular weight excluding hydrogens is 194 g/mol. The van der Waals surface area contributed by atoms with Crippen molar-refractivity contribution in [3.63, 3.8) is 0 Å². The van der Waals surface area contributed by atoms with E-state index in [1.54, 1.807) is 32.0 Å². The van der Waals surface area contributed by atoms with Gasteiger partial charge in [0.15, 0.2) is 0 Å². The first-order chi connectivity index (χ1) is 6.95. The van der Waals surface area contributed by atoms with Crippen molar-refractivity contribution >= 4 is 6.09 Å². The Balaban J connectivity index is 3.04. The van der Waals surface area contributed by atoms with Gasteiger partial charge in [-0.3, -0.25) is 0 Å². The summed E-state index contributed by atoms with van der Waals surface area (Å²) in [5, 5.41) is 19.6. The third kappa shape index (κ3) is 2.68. The molecule has 0 aliphatic carbocycles. The molecule has 0 atom stereocenters. The second-order valence-corrected chi connectivity index (χ2v) is 3.58. The fraction of sp³-hybridized carbons (Fsp3) is 0.300. The number of nitrogens with zero attached hydrogens (tertiary/aromatic N) is 2. The van der Waals surface area contributed by atoms with Crippen LogP contribution in [-0.4, -0.2) is 16.2 Å². The summed E-state index contributed by atoms with van der Waals surface area (Å²) in [4.78, 5) is 14.6. The zero-order valence-corrected chi connectivity index (χ0v) is 8.48. The molecule has 0 saturated carbocycles. The first kappa shape index (κ1) is 11.0. The van der Waals surface area contributed by atoms with E-state index in [4.69, 9.17) is 10.4 Å². The van der Waals surface area contributed by atoms with Crippen molar-refractivity contribution in [2.75, 3.05) is 0 Å². The van der Waals surface area contributed by atoms with Gasteiger partial charge in [-0.25, -0.2) is 9.78 Å². The van der Waals surface area contributed by atoms with E-state index in [0.29, 0.717) is 5.69 Å². The summed E-state index contributed by atoms with van der Waals surface area (Å²) in [5.74, 6) is 0. The smallest absolute Gasteiger partial charge is 0.405 e. The average Bonchev–Trinajstić information content (AvgIpc) is 2.16. The molecule has 1 amide bonds. The third-order valence-corrected chi connectivity index (χ3v) is 1.92. The van der Waals surface area contributed by atoms with Crippen molar-refractivity contribution in [3.05, 3.63) is 29.6 Å². The lowest BCUT2D eigenvalue weighted by Crippen LogP contribution is -2.40. The number of rotatable bonds is 2. The highest BCUT2D eigenvalue weighted by molar-refractivity contribution is 5.65. The van der Waals surface area contributed by atoms with Gasteiger partial charge in [0.2, 0.25) is 0 Å². The van der Waals surface area contributed by atoms with Gasteiger partial charge >= 0.3 is 6.09 Å². The number of aromatic nitrogens is 1. The topological polar surface area (TPSA) is 86.0 Å². The summed E-state index contributed by atoms with van der Waals surface area (Å²) in [6.45, 7) is 3.37. The van der Waals surface area contributed by atoms with Gasteiger partial charge in [0.1, 0.15) is 11.8 Å². The zero-order valence-electron chi connectivity index (χ0n) is 8.48. The molecule has 0 spiro atoms. The molecule has 15 heavy (non-hydrogen) atoms. The maximum atomic E-state index is 10.5. The Morgan fingerprint density at radius 2 is 2.27 bits per heavy atom. The van der Waals surface area contributed by atoms with E-state index in [1.165, 1.54) is 0 Å². The minimum Gasteiger partial charge on any atom is -0.465 e. The average molecular weight is 205 g/mol. The number of amides is 1. The summed E-state index contributed by atoms with van der Waals surface area (Å²) in [7, 11) is 0. The Hall–Kier alpha value is -2.09. The van der Waals surface area contributed by atoms with Gasteiger partial charge in [-0.15, -0.1) is 0 Å². The van der Waals surface area contributed by atoms with Crippen molar-refractivity contribution in [3.8, 4) is 6.07 Å². The fourth-order valence-electron chi connectivity index (χ4n) is 1.18. The third-order valence-electron chi connectivity index (χ3n) is 1.92. The van der Waals surface area contributed by atoms with Crippen LogP contribution in [0.2, 0.25) is 0 Å². The largest absolute Gasteiger partial charge is 0.465 e. The van der Waals surface area contributed by atoms with Crippen LogP contribution < -0.4 is 5.32 Å². The molecular formula is C10H11N3O2. The van der Waals surface area contributed by atoms with E-state index >= 15 is 0 Å². The maximum absolute atomic E-state index is 10.5. The van der Waals surface area contributed by atoms with Crippen LogP contribution >= 0.6 is 0 Å². The predicted octanol–water partition coefficient (Wildman–Crippen LogP) is 1.46. The Bertz CT molecular complexity index is 421. The zero-order chi connectivity index (χ0) is 11.5. The molecule has 1 aromatic rings. The van der Waals surface area contributed by atoms with Gasteiger partial charge in [-0.05, 0) is 26.0 Å². The molecule has 0 unspecified atom stereocenters. The number of carbonyl (C=O) groups is 1. The van der Waals surface area contributed by atoms with Gasteiger partial charge in [0.25, 0.3) is 0 Å². The summed E-state index contributed by atoms with van der Waals surface area (Å²) < 4.78 is 0. The molecule has 0 aliphatic heterocycles. The molecule has 2 N–H and O–H groups in total. The normalized spacial score (nSPS) is 10.5. The molecule has 0 bridgehead atoms. The van der Waals surface area contributed by atoms with Crippen LogP contribution in [0.1, 0.15) is 25.2 Å². The molecule has 0 aromatic carbocycles. The summed E-state index contributed by atoms with van der Waals surface area (Å²) in [6.07, 6.45) is -1.12. The van der Waals surface area contributed by atoms with Crippen LogP contribution in [0, 0.1) is 11.3 Å². The van der Waals surface area contributed by atoms with E-state index in [2.05, 4.69) is 10.3 Å². The van der Waals surface area contributed by atoms with E-state index in [-0.39, 0.29) is 5.69 Å². The summed E-state index contributed by atoms with van der Waals surface area (Å²) in [5.41, 5.74) is -0.0182. The first-order valence-corrected chi connectivity index (χ1v) is 4.34. The van der Waals surface area contributed by atoms with Crippen LogP contribution in [0.4, 0.5) is 4.79 Å². The highest BCUT2D eigenvalue weighted by atomic mass is 16.4. The molecule has 78 valence electrons. The van der Waals surface area contributed by atoms with Gasteiger partial charge in [-0.1, -0.05) is 6.07 Å². The molecule has 0 saturated heterocycles. The molecule has 5 heteroatoms. The molecule has 1 aromatic heterocycles. The standard InChI is InChI=1S/C10H11N3O2/c1-10(2,13-9(14)15)8-5-3-4-7(6-11)12-8/h3-5,13H,1-2H3,(H,14,15). The maximum Gasteiger partial charge on any atom is 0.405 e. The van der Waals surface area contributed by atoms with Crippen molar-refractivity contribution in [2.24, 2.45) is 0 Å². The second kappa shape index (κ2) is 3.96. The lowest BCUT2D eigenvalue weighted by atomic mass is 10.00. The first-order valence-electron chi connectivity index (χ1n) is 4.34. The summed E-state index contributed by atoms with van der Waals surface area (Å²) in [6, 6.07) is 6.83. The number of pyridine rings is 1. The lowest BCUT2D eigenvalue weighted by molar-refractivity contribution is 0.181. The van der Waals surface area contributed by atoms with Gasteiger partial charge in [0.05, 0.1) is 11.2 Å². The molecule has 1 heterocycles. The van der Waals surface area contributed by atoms with Crippen LogP contribution in [0.3, 0.4) is 0 Å². The molecule has 1 rings (SSSR count). The van der Waals surface area contributed by atoms with Crippen LogP contribution in [0.5, 0.6) is 0 Å². The molecule has 0 radical (unpaired) electrons. The SMILES string of the molecule is CC(C)(NC(=O)O)c1cccc(C#N)n1. The fourth-order valence-corrected chi connectivity index (χ4v) is 1.18. The number of hydrogen-bond donors (Lipinski definition) is 2. The number of nitriles is 1. The van der Waals surface area contributed by atoms with Gasteiger partial charge in [0, 0.05) is 0 Å². The van der Waals surface area contributed by atoms with E-state index in [0.717, 1.165) is 0 Å². The van der Waals surface area contributed by atoms with Crippen LogP contribution in [-0.2, 0) is 5.54 Å². The Morgan fingerprint density at radius 3 is 2.80 bits per heavy atom. The van der Waals surface area contributed by atoms with E-state index < -0.39 is 11.6 Å². The van der Waals surface area contributed by atoms with Crippen molar-refractivity contribution in [2.45, 2.75) is 19.4 Å². The van der Waals surface area contributed by atoms with Crippen LogP contribution in [0.25, 0.3) is 0 Å². The molecule has 5 nitrogen and oxygen atoms in total. The number of carboxylic acid groups (broad SMARTS) is 1. The second-order valence-electron chi connectivity index (χ2n) is 3.58. The Kier molecular flexibility index (Phi) is 2.90. The van der Waals surface area contributed by atoms with E-state index in [1.807, 2.05) is 6.07 Å². The van der Waals surface area contributed by atoms with Gasteiger partial charge in [-0.2, -0.15) is 5.26 Å². The van der Waals surface area contributed by atoms with E-state index in [9.17, 15) is 4.79 Å². The quantitative estimate of drug-likeness (QED) is 0.765. The monoisotopic (exact) mass is 205 g/mol. The Labute approximate surface area is 87.4 Å². The summed E-state index contributed by atoms with van der Waals surface area (Å²) >= 11 is 0. The number of nitrogens with one attached hydrogen (secondary N) is 1. The minimum atomic E-state index is -1.12. The lowest BCUT2D eigenvalue weighted by Gasteiger charge is -2.23.